The van der Waals surface area contributed by atoms with Crippen molar-refractivity contribution in [1.29, 1.82) is 0 Å². The Morgan fingerprint density at radius 1 is 1.13 bits per heavy atom. The van der Waals surface area contributed by atoms with Crippen LogP contribution in [-0.2, 0) is 11.3 Å². The summed E-state index contributed by atoms with van der Waals surface area (Å²) in [6.07, 6.45) is 2.71. The smallest absolute Gasteiger partial charge is 0.128 e. The number of nitrogens with zero attached hydrogens (tertiary/aromatic N) is 1. The van der Waals surface area contributed by atoms with Gasteiger partial charge in [0.25, 0.3) is 0 Å². The summed E-state index contributed by atoms with van der Waals surface area (Å²) in [6, 6.07) is 13.3. The first kappa shape index (κ1) is 21.8. The Labute approximate surface area is 181 Å². The first-order valence-corrected chi connectivity index (χ1v) is 11.5. The van der Waals surface area contributed by atoms with Crippen LogP contribution in [0.2, 0.25) is 0 Å². The van der Waals surface area contributed by atoms with Gasteiger partial charge in [0.2, 0.25) is 0 Å². The number of hydrogen-bond acceptors (Lipinski definition) is 4. The minimum atomic E-state index is -0.431. The van der Waals surface area contributed by atoms with E-state index in [9.17, 15) is 13.9 Å². The lowest BCUT2D eigenvalue weighted by Gasteiger charge is -2.37. The number of ether oxygens (including phenoxy) is 1. The monoisotopic (exact) mass is 433 g/mol. The summed E-state index contributed by atoms with van der Waals surface area (Å²) >= 11 is 1.73. The maximum Gasteiger partial charge on any atom is 0.128 e. The lowest BCUT2D eigenvalue weighted by atomic mass is 9.87. The Morgan fingerprint density at radius 3 is 2.57 bits per heavy atom. The fourth-order valence-electron chi connectivity index (χ4n) is 4.27. The molecule has 0 radical (unpaired) electrons. The van der Waals surface area contributed by atoms with Crippen molar-refractivity contribution in [1.82, 2.24) is 4.31 Å². The summed E-state index contributed by atoms with van der Waals surface area (Å²) in [5.41, 5.74) is 1.91. The second-order valence-corrected chi connectivity index (χ2v) is 9.74. The van der Waals surface area contributed by atoms with Crippen LogP contribution in [0.3, 0.4) is 0 Å². The average molecular weight is 434 g/mol. The van der Waals surface area contributed by atoms with E-state index in [4.69, 9.17) is 4.74 Å². The molecule has 1 unspecified atom stereocenters. The zero-order valence-electron chi connectivity index (χ0n) is 17.3. The quantitative estimate of drug-likeness (QED) is 0.589. The summed E-state index contributed by atoms with van der Waals surface area (Å²) in [7, 11) is 0. The molecule has 0 spiro atoms. The van der Waals surface area contributed by atoms with Gasteiger partial charge in [-0.05, 0) is 49.4 Å². The zero-order valence-corrected chi connectivity index (χ0v) is 18.1. The van der Waals surface area contributed by atoms with Crippen molar-refractivity contribution in [2.24, 2.45) is 5.92 Å². The second kappa shape index (κ2) is 9.77. The molecular weight excluding hydrogens is 404 g/mol. The minimum Gasteiger partial charge on any atom is -0.396 e. The summed E-state index contributed by atoms with van der Waals surface area (Å²) in [4.78, 5) is 0. The molecule has 0 aliphatic carbocycles. The number of halogens is 2. The Bertz CT molecular complexity index is 847. The van der Waals surface area contributed by atoms with Crippen molar-refractivity contribution in [3.8, 4) is 0 Å². The lowest BCUT2D eigenvalue weighted by Crippen LogP contribution is -2.32. The van der Waals surface area contributed by atoms with Crippen molar-refractivity contribution in [3.05, 3.63) is 70.8 Å². The van der Waals surface area contributed by atoms with E-state index in [0.29, 0.717) is 49.0 Å². The summed E-state index contributed by atoms with van der Waals surface area (Å²) < 4.78 is 37.2. The number of benzene rings is 2. The average Bonchev–Trinajstić information content (AvgIpc) is 2.72. The largest absolute Gasteiger partial charge is 0.396 e. The Hall–Kier alpha value is -1.47. The van der Waals surface area contributed by atoms with Crippen LogP contribution in [0.1, 0.15) is 54.0 Å². The third kappa shape index (κ3) is 4.88. The normalized spacial score (nSPS) is 23.9. The highest BCUT2D eigenvalue weighted by Crippen LogP contribution is 2.43. The SMILES string of the molecule is C[C@H]1CC[C@H](c2ccccc2)SN1Cc1cc(F)c(C(CO)CC2COC2)cc1F. The topological polar surface area (TPSA) is 32.7 Å². The van der Waals surface area contributed by atoms with Crippen molar-refractivity contribution in [2.75, 3.05) is 19.8 Å². The molecule has 162 valence electrons. The summed E-state index contributed by atoms with van der Waals surface area (Å²) in [5.74, 6) is -0.915. The standard InChI is InChI=1S/C24H29F2NO2S/c1-16-7-8-24(18-5-3-2-4-6-18)30-27(16)12-19-10-23(26)21(11-22(19)25)20(13-28)9-17-14-29-15-17/h2-6,10-11,16-17,20,24,28H,7-9,12-15H2,1H3/t16-,20?,24+/m0/s1. The Morgan fingerprint density at radius 2 is 1.90 bits per heavy atom. The van der Waals surface area contributed by atoms with Crippen LogP contribution in [0.15, 0.2) is 42.5 Å². The van der Waals surface area contributed by atoms with Crippen LogP contribution >= 0.6 is 11.9 Å². The van der Waals surface area contributed by atoms with Crippen molar-refractivity contribution in [3.63, 3.8) is 0 Å². The zero-order chi connectivity index (χ0) is 21.1. The molecule has 0 bridgehead atoms. The van der Waals surface area contributed by atoms with Gasteiger partial charge in [0, 0.05) is 35.2 Å². The molecule has 2 aliphatic rings. The summed E-state index contributed by atoms with van der Waals surface area (Å²) in [5, 5.41) is 10.1. The molecule has 0 amide bonds. The highest BCUT2D eigenvalue weighted by atomic mass is 32.2. The van der Waals surface area contributed by atoms with E-state index in [1.54, 1.807) is 11.9 Å². The predicted octanol–water partition coefficient (Wildman–Crippen LogP) is 5.45. The van der Waals surface area contributed by atoms with Gasteiger partial charge < -0.3 is 9.84 Å². The number of rotatable bonds is 7. The van der Waals surface area contributed by atoms with Gasteiger partial charge in [0.15, 0.2) is 0 Å². The van der Waals surface area contributed by atoms with E-state index in [1.807, 2.05) is 18.2 Å². The third-order valence-corrected chi connectivity index (χ3v) is 7.77. The molecule has 0 saturated carbocycles. The van der Waals surface area contributed by atoms with Crippen LogP contribution in [0, 0.1) is 17.6 Å². The number of hydrogen-bond donors (Lipinski definition) is 1. The van der Waals surface area contributed by atoms with Crippen molar-refractivity contribution in [2.45, 2.75) is 49.9 Å². The fraction of sp³-hybridized carbons (Fsp3) is 0.500. The molecule has 2 aromatic carbocycles. The molecule has 2 saturated heterocycles. The first-order chi connectivity index (χ1) is 14.5. The van der Waals surface area contributed by atoms with Crippen molar-refractivity contribution < 1.29 is 18.6 Å². The predicted molar refractivity (Wildman–Crippen MR) is 116 cm³/mol. The molecule has 6 heteroatoms. The van der Waals surface area contributed by atoms with Gasteiger partial charge in [-0.15, -0.1) is 0 Å². The van der Waals surface area contributed by atoms with Crippen molar-refractivity contribution >= 4 is 11.9 Å². The van der Waals surface area contributed by atoms with E-state index < -0.39 is 17.6 Å². The Balaban J connectivity index is 1.48. The maximum absolute atomic E-state index is 15.0. The van der Waals surface area contributed by atoms with Gasteiger partial charge in [-0.2, -0.15) is 0 Å². The maximum atomic E-state index is 15.0. The lowest BCUT2D eigenvalue weighted by molar-refractivity contribution is -0.0406. The molecule has 4 rings (SSSR count). The van der Waals surface area contributed by atoms with Gasteiger partial charge in [-0.25, -0.2) is 13.1 Å². The fourth-order valence-corrected chi connectivity index (χ4v) is 5.65. The van der Waals surface area contributed by atoms with E-state index in [1.165, 1.54) is 17.7 Å². The van der Waals surface area contributed by atoms with Gasteiger partial charge >= 0.3 is 0 Å². The molecule has 2 heterocycles. The van der Waals surface area contributed by atoms with Crippen LogP contribution in [-0.4, -0.2) is 35.3 Å². The van der Waals surface area contributed by atoms with Gasteiger partial charge in [-0.3, -0.25) is 0 Å². The van der Waals surface area contributed by atoms with Gasteiger partial charge in [0.05, 0.1) is 19.8 Å². The number of aliphatic hydroxyl groups is 1. The molecule has 0 aromatic heterocycles. The van der Waals surface area contributed by atoms with Crippen LogP contribution in [0.5, 0.6) is 0 Å². The Kier molecular flexibility index (Phi) is 7.08. The van der Waals surface area contributed by atoms with Gasteiger partial charge in [0.1, 0.15) is 11.6 Å². The highest BCUT2D eigenvalue weighted by Gasteiger charge is 2.30. The van der Waals surface area contributed by atoms with E-state index in [2.05, 4.69) is 23.4 Å². The third-order valence-electron chi connectivity index (χ3n) is 6.25. The minimum absolute atomic E-state index is 0.191. The molecule has 30 heavy (non-hydrogen) atoms. The van der Waals surface area contributed by atoms with E-state index in [0.717, 1.165) is 12.8 Å². The molecule has 3 atom stereocenters. The number of aliphatic hydroxyl groups excluding tert-OH is 1. The summed E-state index contributed by atoms with van der Waals surface area (Å²) in [6.45, 7) is 3.57. The van der Waals surface area contributed by atoms with E-state index in [-0.39, 0.29) is 12.2 Å². The van der Waals surface area contributed by atoms with Crippen LogP contribution < -0.4 is 0 Å². The van der Waals surface area contributed by atoms with E-state index >= 15 is 0 Å². The van der Waals surface area contributed by atoms with Crippen LogP contribution in [0.4, 0.5) is 8.78 Å². The molecular formula is C24H29F2NO2S. The molecule has 2 aromatic rings. The van der Waals surface area contributed by atoms with Gasteiger partial charge in [-0.1, -0.05) is 42.3 Å². The van der Waals surface area contributed by atoms with Crippen LogP contribution in [0.25, 0.3) is 0 Å². The molecule has 1 N–H and O–H groups in total. The molecule has 2 aliphatic heterocycles. The first-order valence-electron chi connectivity index (χ1n) is 10.7. The molecule has 3 nitrogen and oxygen atoms in total. The highest BCUT2D eigenvalue weighted by molar-refractivity contribution is 7.97. The molecule has 2 fully saturated rings. The second-order valence-electron chi connectivity index (χ2n) is 8.49.